The highest BCUT2D eigenvalue weighted by atomic mass is 32.2. The SMILES string of the molecule is OCCCSCCNCc1ccsc1. The van der Waals surface area contributed by atoms with E-state index in [1.54, 1.807) is 11.3 Å². The summed E-state index contributed by atoms with van der Waals surface area (Å²) in [4.78, 5) is 0. The number of rotatable bonds is 8. The van der Waals surface area contributed by atoms with E-state index in [9.17, 15) is 0 Å². The van der Waals surface area contributed by atoms with E-state index in [4.69, 9.17) is 5.11 Å². The van der Waals surface area contributed by atoms with Gasteiger partial charge in [0.1, 0.15) is 0 Å². The second-order valence-corrected chi connectivity index (χ2v) is 5.00. The molecular weight excluding hydrogens is 214 g/mol. The first-order chi connectivity index (χ1) is 6.93. The minimum Gasteiger partial charge on any atom is -0.396 e. The van der Waals surface area contributed by atoms with Crippen molar-refractivity contribution in [3.8, 4) is 0 Å². The maximum absolute atomic E-state index is 8.57. The smallest absolute Gasteiger partial charge is 0.0438 e. The number of hydrogen-bond donors (Lipinski definition) is 2. The van der Waals surface area contributed by atoms with Crippen molar-refractivity contribution >= 4 is 23.1 Å². The summed E-state index contributed by atoms with van der Waals surface area (Å²) >= 11 is 3.64. The predicted octanol–water partition coefficient (Wildman–Crippen LogP) is 1.95. The van der Waals surface area contributed by atoms with E-state index in [-0.39, 0.29) is 0 Å². The van der Waals surface area contributed by atoms with E-state index in [1.165, 1.54) is 5.56 Å². The Bertz CT molecular complexity index is 214. The molecule has 0 saturated carbocycles. The van der Waals surface area contributed by atoms with Gasteiger partial charge >= 0.3 is 0 Å². The molecule has 1 aromatic heterocycles. The van der Waals surface area contributed by atoms with Crippen LogP contribution in [0.5, 0.6) is 0 Å². The molecule has 0 aliphatic carbocycles. The average Bonchev–Trinajstić information content (AvgIpc) is 2.69. The lowest BCUT2D eigenvalue weighted by molar-refractivity contribution is 0.296. The van der Waals surface area contributed by atoms with Gasteiger partial charge in [0.2, 0.25) is 0 Å². The van der Waals surface area contributed by atoms with Gasteiger partial charge in [-0.3, -0.25) is 0 Å². The number of hydrogen-bond acceptors (Lipinski definition) is 4. The molecule has 2 N–H and O–H groups in total. The van der Waals surface area contributed by atoms with Crippen molar-refractivity contribution < 1.29 is 5.11 Å². The second-order valence-electron chi connectivity index (χ2n) is 3.00. The third kappa shape index (κ3) is 5.65. The fraction of sp³-hybridized carbons (Fsp3) is 0.600. The zero-order valence-electron chi connectivity index (χ0n) is 8.24. The Balaban J connectivity index is 1.85. The highest BCUT2D eigenvalue weighted by Gasteiger charge is 1.92. The molecule has 0 atom stereocenters. The maximum atomic E-state index is 8.57. The monoisotopic (exact) mass is 231 g/mol. The molecule has 0 bridgehead atoms. The van der Waals surface area contributed by atoms with Gasteiger partial charge in [0, 0.05) is 25.4 Å². The topological polar surface area (TPSA) is 32.3 Å². The predicted molar refractivity (Wildman–Crippen MR) is 65.1 cm³/mol. The molecule has 1 rings (SSSR count). The third-order valence-electron chi connectivity index (χ3n) is 1.78. The molecule has 1 aromatic rings. The van der Waals surface area contributed by atoms with E-state index in [2.05, 4.69) is 22.1 Å². The summed E-state index contributed by atoms with van der Waals surface area (Å²) in [5.74, 6) is 2.20. The second kappa shape index (κ2) is 8.29. The molecule has 0 aromatic carbocycles. The summed E-state index contributed by atoms with van der Waals surface area (Å²) in [6.45, 7) is 2.34. The van der Waals surface area contributed by atoms with Crippen molar-refractivity contribution in [2.45, 2.75) is 13.0 Å². The van der Waals surface area contributed by atoms with Gasteiger partial charge in [-0.15, -0.1) is 0 Å². The highest BCUT2D eigenvalue weighted by Crippen LogP contribution is 2.05. The average molecular weight is 231 g/mol. The van der Waals surface area contributed by atoms with Crippen LogP contribution in [0.1, 0.15) is 12.0 Å². The first kappa shape index (κ1) is 12.0. The Hall–Kier alpha value is -0.0300. The van der Waals surface area contributed by atoms with Crippen molar-refractivity contribution in [2.24, 2.45) is 0 Å². The van der Waals surface area contributed by atoms with Crippen LogP contribution >= 0.6 is 23.1 Å². The van der Waals surface area contributed by atoms with Gasteiger partial charge in [-0.25, -0.2) is 0 Å². The lowest BCUT2D eigenvalue weighted by atomic mass is 10.3. The molecule has 0 amide bonds. The molecule has 4 heteroatoms. The molecule has 0 saturated heterocycles. The molecule has 0 fully saturated rings. The quantitative estimate of drug-likeness (QED) is 0.671. The Morgan fingerprint density at radius 3 is 3.07 bits per heavy atom. The maximum Gasteiger partial charge on any atom is 0.0438 e. The van der Waals surface area contributed by atoms with E-state index in [0.717, 1.165) is 31.0 Å². The van der Waals surface area contributed by atoms with Crippen LogP contribution in [0, 0.1) is 0 Å². The summed E-state index contributed by atoms with van der Waals surface area (Å²) in [5.41, 5.74) is 1.37. The number of thiophene rings is 1. The summed E-state index contributed by atoms with van der Waals surface area (Å²) in [6, 6.07) is 2.15. The van der Waals surface area contributed by atoms with Gasteiger partial charge < -0.3 is 10.4 Å². The standard InChI is InChI=1S/C10H17NOS2/c12-4-1-5-13-7-3-11-8-10-2-6-14-9-10/h2,6,9,11-12H,1,3-5,7-8H2. The van der Waals surface area contributed by atoms with E-state index in [1.807, 2.05) is 11.8 Å². The van der Waals surface area contributed by atoms with Crippen molar-refractivity contribution in [2.75, 3.05) is 24.7 Å². The van der Waals surface area contributed by atoms with Crippen LogP contribution in [0.4, 0.5) is 0 Å². The lowest BCUT2D eigenvalue weighted by Crippen LogP contribution is -2.16. The van der Waals surface area contributed by atoms with Crippen molar-refractivity contribution in [1.29, 1.82) is 0 Å². The molecule has 0 aliphatic heterocycles. The largest absolute Gasteiger partial charge is 0.396 e. The molecular formula is C10H17NOS2. The van der Waals surface area contributed by atoms with Crippen molar-refractivity contribution in [3.05, 3.63) is 22.4 Å². The van der Waals surface area contributed by atoms with Crippen LogP contribution in [-0.4, -0.2) is 29.8 Å². The van der Waals surface area contributed by atoms with E-state index >= 15 is 0 Å². The number of aliphatic hydroxyl groups excluding tert-OH is 1. The van der Waals surface area contributed by atoms with Crippen molar-refractivity contribution in [1.82, 2.24) is 5.32 Å². The minimum absolute atomic E-state index is 0.315. The molecule has 14 heavy (non-hydrogen) atoms. The van der Waals surface area contributed by atoms with Gasteiger partial charge in [0.15, 0.2) is 0 Å². The number of aliphatic hydroxyl groups is 1. The van der Waals surface area contributed by atoms with Gasteiger partial charge in [0.25, 0.3) is 0 Å². The van der Waals surface area contributed by atoms with Crippen LogP contribution < -0.4 is 5.32 Å². The van der Waals surface area contributed by atoms with E-state index in [0.29, 0.717) is 6.61 Å². The molecule has 0 unspecified atom stereocenters. The van der Waals surface area contributed by atoms with Crippen molar-refractivity contribution in [3.63, 3.8) is 0 Å². The number of nitrogens with one attached hydrogen (secondary N) is 1. The Labute approximate surface area is 93.7 Å². The fourth-order valence-corrected chi connectivity index (χ4v) is 2.53. The van der Waals surface area contributed by atoms with Gasteiger partial charge in [-0.2, -0.15) is 23.1 Å². The molecule has 0 aliphatic rings. The molecule has 1 heterocycles. The third-order valence-corrected chi connectivity index (χ3v) is 3.58. The van der Waals surface area contributed by atoms with Crippen LogP contribution in [0.25, 0.3) is 0 Å². The summed E-state index contributed by atoms with van der Waals surface area (Å²) < 4.78 is 0. The normalized spacial score (nSPS) is 10.6. The van der Waals surface area contributed by atoms with Crippen LogP contribution in [0.3, 0.4) is 0 Å². The summed E-state index contributed by atoms with van der Waals surface area (Å²) in [7, 11) is 0. The molecule has 2 nitrogen and oxygen atoms in total. The summed E-state index contributed by atoms with van der Waals surface area (Å²) in [6.07, 6.45) is 0.912. The fourth-order valence-electron chi connectivity index (χ4n) is 1.04. The Morgan fingerprint density at radius 2 is 2.36 bits per heavy atom. The number of thioether (sulfide) groups is 1. The molecule has 80 valence electrons. The van der Waals surface area contributed by atoms with Crippen LogP contribution in [-0.2, 0) is 6.54 Å². The highest BCUT2D eigenvalue weighted by molar-refractivity contribution is 7.99. The van der Waals surface area contributed by atoms with Gasteiger partial charge in [-0.05, 0) is 34.6 Å². The Morgan fingerprint density at radius 1 is 1.43 bits per heavy atom. The lowest BCUT2D eigenvalue weighted by Gasteiger charge is -2.02. The first-order valence-corrected chi connectivity index (χ1v) is 6.93. The minimum atomic E-state index is 0.315. The van der Waals surface area contributed by atoms with E-state index < -0.39 is 0 Å². The molecule has 0 spiro atoms. The zero-order chi connectivity index (χ0) is 10.1. The first-order valence-electron chi connectivity index (χ1n) is 4.84. The van der Waals surface area contributed by atoms with Crippen LogP contribution in [0.15, 0.2) is 16.8 Å². The van der Waals surface area contributed by atoms with Gasteiger partial charge in [0.05, 0.1) is 0 Å². The van der Waals surface area contributed by atoms with Crippen LogP contribution in [0.2, 0.25) is 0 Å². The zero-order valence-corrected chi connectivity index (χ0v) is 9.87. The molecule has 0 radical (unpaired) electrons. The Kier molecular flexibility index (Phi) is 7.13. The summed E-state index contributed by atoms with van der Waals surface area (Å²) in [5, 5.41) is 16.2. The van der Waals surface area contributed by atoms with Gasteiger partial charge in [-0.1, -0.05) is 0 Å².